The molecule has 2 aromatic carbocycles. The molecule has 0 saturated carbocycles. The Morgan fingerprint density at radius 2 is 1.88 bits per heavy atom. The molecule has 124 valence electrons. The van der Waals surface area contributed by atoms with Crippen LogP contribution in [0.1, 0.15) is 34.6 Å². The lowest BCUT2D eigenvalue weighted by Gasteiger charge is -2.08. The first-order valence-corrected chi connectivity index (χ1v) is 7.37. The number of nitro groups is 1. The fourth-order valence-electron chi connectivity index (χ4n) is 2.18. The fraction of sp³-hybridized carbons (Fsp3) is 0.176. The van der Waals surface area contributed by atoms with E-state index in [2.05, 4.69) is 10.6 Å². The molecule has 0 spiro atoms. The average Bonchev–Trinajstić information content (AvgIpc) is 2.55. The molecule has 2 rings (SSSR count). The third kappa shape index (κ3) is 3.95. The van der Waals surface area contributed by atoms with E-state index in [1.807, 2.05) is 6.92 Å². The number of amides is 1. The Labute approximate surface area is 138 Å². The van der Waals surface area contributed by atoms with Crippen LogP contribution in [-0.4, -0.2) is 23.2 Å². The summed E-state index contributed by atoms with van der Waals surface area (Å²) >= 11 is 0. The van der Waals surface area contributed by atoms with Gasteiger partial charge in [0, 0.05) is 29.4 Å². The van der Waals surface area contributed by atoms with Gasteiger partial charge in [0.2, 0.25) is 0 Å². The normalized spacial score (nSPS) is 10.1. The Kier molecular flexibility index (Phi) is 5.26. The Hall–Kier alpha value is -3.22. The number of carbonyl (C=O) groups is 2. The van der Waals surface area contributed by atoms with Crippen molar-refractivity contribution in [2.24, 2.45) is 0 Å². The van der Waals surface area contributed by atoms with Crippen molar-refractivity contribution in [1.82, 2.24) is 0 Å². The number of anilines is 2. The van der Waals surface area contributed by atoms with E-state index >= 15 is 0 Å². The molecule has 0 atom stereocenters. The largest absolute Gasteiger partial charge is 0.380 e. The first-order valence-electron chi connectivity index (χ1n) is 7.37. The summed E-state index contributed by atoms with van der Waals surface area (Å²) in [5, 5.41) is 16.7. The maximum absolute atomic E-state index is 12.3. The molecule has 1 amide bonds. The smallest absolute Gasteiger partial charge is 0.293 e. The van der Waals surface area contributed by atoms with E-state index in [1.54, 1.807) is 24.3 Å². The number of hydrogen-bond acceptors (Lipinski definition) is 5. The number of carbonyl (C=O) groups excluding carboxylic acids is 2. The van der Waals surface area contributed by atoms with Gasteiger partial charge in [-0.25, -0.2) is 0 Å². The zero-order valence-electron chi connectivity index (χ0n) is 13.3. The second kappa shape index (κ2) is 7.36. The number of Topliss-reactive ketones (excluding diaryl/α,β-unsaturated/α-hetero) is 1. The van der Waals surface area contributed by atoms with Crippen molar-refractivity contribution >= 4 is 28.8 Å². The summed E-state index contributed by atoms with van der Waals surface area (Å²) in [5.74, 6) is -0.599. The van der Waals surface area contributed by atoms with E-state index in [1.165, 1.54) is 25.1 Å². The minimum atomic E-state index is -0.537. The van der Waals surface area contributed by atoms with Gasteiger partial charge in [-0.15, -0.1) is 0 Å². The Morgan fingerprint density at radius 3 is 2.50 bits per heavy atom. The van der Waals surface area contributed by atoms with Crippen LogP contribution in [0.3, 0.4) is 0 Å². The molecule has 0 aromatic heterocycles. The van der Waals surface area contributed by atoms with Crippen LogP contribution in [0.2, 0.25) is 0 Å². The monoisotopic (exact) mass is 327 g/mol. The molecule has 0 aliphatic rings. The molecule has 0 bridgehead atoms. The van der Waals surface area contributed by atoms with Crippen molar-refractivity contribution in [2.75, 3.05) is 17.2 Å². The first-order chi connectivity index (χ1) is 11.4. The number of benzene rings is 2. The molecule has 0 aliphatic heterocycles. The van der Waals surface area contributed by atoms with Crippen molar-refractivity contribution < 1.29 is 14.5 Å². The van der Waals surface area contributed by atoms with E-state index in [9.17, 15) is 19.7 Å². The highest BCUT2D eigenvalue weighted by atomic mass is 16.6. The number of rotatable bonds is 6. The summed E-state index contributed by atoms with van der Waals surface area (Å²) in [6.45, 7) is 3.79. The fourth-order valence-corrected chi connectivity index (χ4v) is 2.18. The SMILES string of the molecule is CCNc1ccc(C(=O)Nc2cccc(C(C)=O)c2)cc1[N+](=O)[O-]. The Morgan fingerprint density at radius 1 is 1.12 bits per heavy atom. The minimum Gasteiger partial charge on any atom is -0.380 e. The second-order valence-electron chi connectivity index (χ2n) is 5.11. The van der Waals surface area contributed by atoms with Gasteiger partial charge in [0.05, 0.1) is 4.92 Å². The van der Waals surface area contributed by atoms with Gasteiger partial charge in [-0.3, -0.25) is 19.7 Å². The average molecular weight is 327 g/mol. The molecule has 2 aromatic rings. The number of nitrogens with one attached hydrogen (secondary N) is 2. The standard InChI is InChI=1S/C17H17N3O4/c1-3-18-15-8-7-13(10-16(15)20(23)24)17(22)19-14-6-4-5-12(9-14)11(2)21/h4-10,18H,3H2,1-2H3,(H,19,22). The number of nitro benzene ring substituents is 1. The predicted molar refractivity (Wildman–Crippen MR) is 91.7 cm³/mol. The van der Waals surface area contributed by atoms with Crippen LogP contribution in [0.4, 0.5) is 17.1 Å². The maximum atomic E-state index is 12.3. The minimum absolute atomic E-state index is 0.114. The van der Waals surface area contributed by atoms with Gasteiger partial charge in [0.25, 0.3) is 11.6 Å². The highest BCUT2D eigenvalue weighted by molar-refractivity contribution is 6.05. The highest BCUT2D eigenvalue weighted by Gasteiger charge is 2.17. The van der Waals surface area contributed by atoms with Crippen LogP contribution in [0, 0.1) is 10.1 Å². The molecule has 0 aliphatic carbocycles. The van der Waals surface area contributed by atoms with Crippen LogP contribution in [0.5, 0.6) is 0 Å². The van der Waals surface area contributed by atoms with Crippen molar-refractivity contribution in [3.63, 3.8) is 0 Å². The van der Waals surface area contributed by atoms with Crippen molar-refractivity contribution in [3.05, 3.63) is 63.7 Å². The molecular formula is C17H17N3O4. The highest BCUT2D eigenvalue weighted by Crippen LogP contribution is 2.26. The van der Waals surface area contributed by atoms with E-state index in [0.717, 1.165) is 0 Å². The summed E-state index contributed by atoms with van der Waals surface area (Å²) in [6.07, 6.45) is 0. The predicted octanol–water partition coefficient (Wildman–Crippen LogP) is 3.48. The molecule has 2 N–H and O–H groups in total. The van der Waals surface area contributed by atoms with Gasteiger partial charge in [0.15, 0.2) is 5.78 Å². The van der Waals surface area contributed by atoms with Crippen molar-refractivity contribution in [3.8, 4) is 0 Å². The topological polar surface area (TPSA) is 101 Å². The quantitative estimate of drug-likeness (QED) is 0.480. The third-order valence-corrected chi connectivity index (χ3v) is 3.35. The van der Waals surface area contributed by atoms with E-state index in [0.29, 0.717) is 23.5 Å². The summed E-state index contributed by atoms with van der Waals surface area (Å²) < 4.78 is 0. The molecule has 24 heavy (non-hydrogen) atoms. The van der Waals surface area contributed by atoms with E-state index < -0.39 is 10.8 Å². The molecular weight excluding hydrogens is 310 g/mol. The maximum Gasteiger partial charge on any atom is 0.293 e. The molecule has 0 saturated heterocycles. The first kappa shape index (κ1) is 17.1. The van der Waals surface area contributed by atoms with Crippen LogP contribution in [-0.2, 0) is 0 Å². The van der Waals surface area contributed by atoms with Crippen molar-refractivity contribution in [1.29, 1.82) is 0 Å². The molecule has 0 radical (unpaired) electrons. The zero-order valence-corrected chi connectivity index (χ0v) is 13.3. The zero-order chi connectivity index (χ0) is 17.7. The summed E-state index contributed by atoms with van der Waals surface area (Å²) in [7, 11) is 0. The van der Waals surface area contributed by atoms with Gasteiger partial charge in [-0.2, -0.15) is 0 Å². The summed E-state index contributed by atoms with van der Waals surface area (Å²) in [6, 6.07) is 10.7. The van der Waals surface area contributed by atoms with E-state index in [4.69, 9.17) is 0 Å². The van der Waals surface area contributed by atoms with Gasteiger partial charge in [-0.05, 0) is 38.1 Å². The molecule has 7 nitrogen and oxygen atoms in total. The summed E-state index contributed by atoms with van der Waals surface area (Å²) in [5.41, 5.74) is 1.28. The second-order valence-corrected chi connectivity index (χ2v) is 5.11. The van der Waals surface area contributed by atoms with Crippen LogP contribution >= 0.6 is 0 Å². The lowest BCUT2D eigenvalue weighted by molar-refractivity contribution is -0.384. The molecule has 0 unspecified atom stereocenters. The van der Waals surface area contributed by atoms with Gasteiger partial charge < -0.3 is 10.6 Å². The third-order valence-electron chi connectivity index (χ3n) is 3.35. The van der Waals surface area contributed by atoms with Crippen LogP contribution < -0.4 is 10.6 Å². The number of hydrogen-bond donors (Lipinski definition) is 2. The van der Waals surface area contributed by atoms with Gasteiger partial charge in [-0.1, -0.05) is 12.1 Å². The van der Waals surface area contributed by atoms with Crippen molar-refractivity contribution in [2.45, 2.75) is 13.8 Å². The van der Waals surface area contributed by atoms with Gasteiger partial charge >= 0.3 is 0 Å². The summed E-state index contributed by atoms with van der Waals surface area (Å²) in [4.78, 5) is 34.3. The molecule has 0 fully saturated rings. The Balaban J connectivity index is 2.26. The lowest BCUT2D eigenvalue weighted by Crippen LogP contribution is -2.13. The Bertz CT molecular complexity index is 802. The van der Waals surface area contributed by atoms with Crippen LogP contribution in [0.25, 0.3) is 0 Å². The molecule has 7 heteroatoms. The number of nitrogens with zero attached hydrogens (tertiary/aromatic N) is 1. The van der Waals surface area contributed by atoms with Gasteiger partial charge in [0.1, 0.15) is 5.69 Å². The lowest BCUT2D eigenvalue weighted by atomic mass is 10.1. The number of ketones is 1. The van der Waals surface area contributed by atoms with Crippen LogP contribution in [0.15, 0.2) is 42.5 Å². The van der Waals surface area contributed by atoms with E-state index in [-0.39, 0.29) is 17.0 Å². The molecule has 0 heterocycles.